The van der Waals surface area contributed by atoms with Crippen molar-refractivity contribution < 1.29 is 19.1 Å². The predicted octanol–water partition coefficient (Wildman–Crippen LogP) is 0.384. The maximum atomic E-state index is 12.2. The number of halogens is 1. The van der Waals surface area contributed by atoms with Gasteiger partial charge in [-0.3, -0.25) is 14.9 Å². The molecule has 114 valence electrons. The Bertz CT molecular complexity index is 555. The molecule has 1 aromatic carbocycles. The Labute approximate surface area is 126 Å². The molecule has 1 atom stereocenters. The lowest BCUT2D eigenvalue weighted by molar-refractivity contribution is -0.124. The molecule has 2 amide bonds. The van der Waals surface area contributed by atoms with Crippen LogP contribution in [0.5, 0.6) is 11.5 Å². The molecule has 0 aliphatic carbocycles. The number of hydrogen-bond donors (Lipinski definition) is 3. The molecule has 0 bridgehead atoms. The molecule has 3 N–H and O–H groups in total. The first kappa shape index (κ1) is 15.4. The maximum Gasteiger partial charge on any atom is 0.243 e. The first-order valence-electron chi connectivity index (χ1n) is 6.27. The van der Waals surface area contributed by atoms with Crippen LogP contribution in [0.1, 0.15) is 0 Å². The van der Waals surface area contributed by atoms with Gasteiger partial charge in [-0.2, -0.15) is 0 Å². The van der Waals surface area contributed by atoms with Crippen LogP contribution in [0, 0.1) is 0 Å². The van der Waals surface area contributed by atoms with Crippen LogP contribution in [0.3, 0.4) is 0 Å². The molecule has 1 saturated heterocycles. The van der Waals surface area contributed by atoms with Crippen molar-refractivity contribution in [2.75, 3.05) is 32.6 Å². The average Bonchev–Trinajstić information content (AvgIpc) is 2.49. The van der Waals surface area contributed by atoms with E-state index in [1.165, 1.54) is 14.2 Å². The van der Waals surface area contributed by atoms with E-state index in [4.69, 9.17) is 21.1 Å². The minimum Gasteiger partial charge on any atom is -0.495 e. The number of ether oxygens (including phenoxy) is 2. The highest BCUT2D eigenvalue weighted by Gasteiger charge is 2.24. The number of nitrogens with one attached hydrogen (secondary N) is 3. The molecule has 1 fully saturated rings. The second-order valence-corrected chi connectivity index (χ2v) is 4.82. The summed E-state index contributed by atoms with van der Waals surface area (Å²) in [6.45, 7) is 0.344. The van der Waals surface area contributed by atoms with Crippen molar-refractivity contribution in [3.8, 4) is 11.5 Å². The molecule has 21 heavy (non-hydrogen) atoms. The van der Waals surface area contributed by atoms with Crippen LogP contribution >= 0.6 is 11.6 Å². The van der Waals surface area contributed by atoms with E-state index in [9.17, 15) is 9.59 Å². The van der Waals surface area contributed by atoms with Crippen molar-refractivity contribution >= 4 is 29.1 Å². The molecule has 0 aromatic heterocycles. The first-order chi connectivity index (χ1) is 10.0. The van der Waals surface area contributed by atoms with Crippen LogP contribution in [0.25, 0.3) is 0 Å². The number of carbonyl (C=O) groups excluding carboxylic acids is 2. The van der Waals surface area contributed by atoms with Crippen LogP contribution in [0.15, 0.2) is 12.1 Å². The summed E-state index contributed by atoms with van der Waals surface area (Å²) in [5.74, 6) is 0.439. The summed E-state index contributed by atoms with van der Waals surface area (Å²) < 4.78 is 10.3. The summed E-state index contributed by atoms with van der Waals surface area (Å²) in [6.07, 6.45) is 0. The van der Waals surface area contributed by atoms with Gasteiger partial charge >= 0.3 is 0 Å². The van der Waals surface area contributed by atoms with Crippen molar-refractivity contribution in [3.63, 3.8) is 0 Å². The fraction of sp³-hybridized carbons (Fsp3) is 0.385. The van der Waals surface area contributed by atoms with Gasteiger partial charge < -0.3 is 20.1 Å². The van der Waals surface area contributed by atoms with Gasteiger partial charge in [-0.1, -0.05) is 11.6 Å². The standard InChI is InChI=1S/C13H16ClN3O4/c1-20-10-4-8(11(21-2)3-7(10)14)17-13(19)9-5-16-12(18)6-15-9/h3-4,9,15H,5-6H2,1-2H3,(H,16,18)(H,17,19). The minimum absolute atomic E-state index is 0.110. The Balaban J connectivity index is 2.14. The van der Waals surface area contributed by atoms with Gasteiger partial charge in [-0.25, -0.2) is 0 Å². The summed E-state index contributed by atoms with van der Waals surface area (Å²) >= 11 is 6.00. The van der Waals surface area contributed by atoms with Crippen LogP contribution in [0.2, 0.25) is 5.02 Å². The fourth-order valence-corrected chi connectivity index (χ4v) is 2.16. The number of rotatable bonds is 4. The summed E-state index contributed by atoms with van der Waals surface area (Å²) in [5.41, 5.74) is 0.447. The second-order valence-electron chi connectivity index (χ2n) is 4.41. The summed E-state index contributed by atoms with van der Waals surface area (Å²) in [6, 6.07) is 2.64. The molecule has 1 aliphatic rings. The zero-order valence-corrected chi connectivity index (χ0v) is 12.4. The van der Waals surface area contributed by atoms with Gasteiger partial charge in [-0.05, 0) is 0 Å². The highest BCUT2D eigenvalue weighted by molar-refractivity contribution is 6.32. The SMILES string of the molecule is COc1cc(NC(=O)C2CNC(=O)CN2)c(OC)cc1Cl. The lowest BCUT2D eigenvalue weighted by Crippen LogP contribution is -2.56. The molecule has 1 aliphatic heterocycles. The Hall–Kier alpha value is -1.99. The summed E-state index contributed by atoms with van der Waals surface area (Å²) in [5, 5.41) is 8.58. The van der Waals surface area contributed by atoms with Crippen molar-refractivity contribution in [2.45, 2.75) is 6.04 Å². The number of hydrogen-bond acceptors (Lipinski definition) is 5. The van der Waals surface area contributed by atoms with Gasteiger partial charge in [0.05, 0.1) is 31.5 Å². The average molecular weight is 314 g/mol. The van der Waals surface area contributed by atoms with E-state index < -0.39 is 6.04 Å². The lowest BCUT2D eigenvalue weighted by Gasteiger charge is -2.23. The third kappa shape index (κ3) is 3.56. The monoisotopic (exact) mass is 313 g/mol. The molecule has 1 aromatic rings. The number of carbonyl (C=O) groups is 2. The van der Waals surface area contributed by atoms with Gasteiger partial charge in [0, 0.05) is 18.7 Å². The molecule has 1 heterocycles. The molecule has 0 saturated carbocycles. The lowest BCUT2D eigenvalue weighted by atomic mass is 10.2. The highest BCUT2D eigenvalue weighted by atomic mass is 35.5. The number of methoxy groups -OCH3 is 2. The van der Waals surface area contributed by atoms with Gasteiger partial charge in [-0.15, -0.1) is 0 Å². The molecule has 2 rings (SSSR count). The fourth-order valence-electron chi connectivity index (χ4n) is 1.93. The molecule has 0 radical (unpaired) electrons. The zero-order chi connectivity index (χ0) is 15.4. The Morgan fingerprint density at radius 3 is 2.62 bits per heavy atom. The van der Waals surface area contributed by atoms with Crippen LogP contribution in [-0.2, 0) is 9.59 Å². The molecular weight excluding hydrogens is 298 g/mol. The first-order valence-corrected chi connectivity index (χ1v) is 6.65. The summed E-state index contributed by atoms with van der Waals surface area (Å²) in [7, 11) is 2.96. The number of piperazine rings is 1. The van der Waals surface area contributed by atoms with Gasteiger partial charge in [0.15, 0.2) is 0 Å². The zero-order valence-electron chi connectivity index (χ0n) is 11.7. The molecule has 8 heteroatoms. The Morgan fingerprint density at radius 2 is 2.05 bits per heavy atom. The quantitative estimate of drug-likeness (QED) is 0.748. The molecule has 1 unspecified atom stereocenters. The van der Waals surface area contributed by atoms with E-state index in [2.05, 4.69) is 16.0 Å². The minimum atomic E-state index is -0.505. The van der Waals surface area contributed by atoms with E-state index in [1.807, 2.05) is 0 Å². The molecule has 7 nitrogen and oxygen atoms in total. The Kier molecular flexibility index (Phi) is 4.87. The molecular formula is C13H16ClN3O4. The number of amides is 2. The van der Waals surface area contributed by atoms with Gasteiger partial charge in [0.1, 0.15) is 17.5 Å². The van der Waals surface area contributed by atoms with E-state index >= 15 is 0 Å². The topological polar surface area (TPSA) is 88.7 Å². The van der Waals surface area contributed by atoms with Crippen LogP contribution < -0.4 is 25.4 Å². The second kappa shape index (κ2) is 6.64. The highest BCUT2D eigenvalue weighted by Crippen LogP contribution is 2.35. The number of anilines is 1. The van der Waals surface area contributed by atoms with E-state index in [-0.39, 0.29) is 24.9 Å². The normalized spacial score (nSPS) is 17.9. The van der Waals surface area contributed by atoms with Crippen molar-refractivity contribution in [3.05, 3.63) is 17.2 Å². The Morgan fingerprint density at radius 1 is 1.33 bits per heavy atom. The predicted molar refractivity (Wildman–Crippen MR) is 78.0 cm³/mol. The van der Waals surface area contributed by atoms with Crippen molar-refractivity contribution in [2.24, 2.45) is 0 Å². The van der Waals surface area contributed by atoms with Crippen LogP contribution in [-0.4, -0.2) is 45.2 Å². The third-order valence-electron chi connectivity index (χ3n) is 3.06. The largest absolute Gasteiger partial charge is 0.495 e. The van der Waals surface area contributed by atoms with E-state index in [0.29, 0.717) is 22.2 Å². The van der Waals surface area contributed by atoms with Gasteiger partial charge in [0.25, 0.3) is 0 Å². The smallest absolute Gasteiger partial charge is 0.243 e. The maximum absolute atomic E-state index is 12.2. The van der Waals surface area contributed by atoms with E-state index in [1.54, 1.807) is 12.1 Å². The van der Waals surface area contributed by atoms with Gasteiger partial charge in [0.2, 0.25) is 11.8 Å². The van der Waals surface area contributed by atoms with Crippen molar-refractivity contribution in [1.29, 1.82) is 0 Å². The molecule has 0 spiro atoms. The third-order valence-corrected chi connectivity index (χ3v) is 3.36. The van der Waals surface area contributed by atoms with Crippen LogP contribution in [0.4, 0.5) is 5.69 Å². The van der Waals surface area contributed by atoms with E-state index in [0.717, 1.165) is 0 Å². The summed E-state index contributed by atoms with van der Waals surface area (Å²) in [4.78, 5) is 23.2. The van der Waals surface area contributed by atoms with Crippen molar-refractivity contribution in [1.82, 2.24) is 10.6 Å². The number of benzene rings is 1.